The predicted octanol–water partition coefficient (Wildman–Crippen LogP) is 4.30. The summed E-state index contributed by atoms with van der Waals surface area (Å²) in [5, 5.41) is 3.67. The van der Waals surface area contributed by atoms with Crippen LogP contribution in [0, 0.1) is 5.92 Å². The van der Waals surface area contributed by atoms with Crippen LogP contribution in [0.25, 0.3) is 0 Å². The molecule has 3 heteroatoms. The Morgan fingerprint density at radius 3 is 2.67 bits per heavy atom. The smallest absolute Gasteiger partial charge is 0.133 e. The van der Waals surface area contributed by atoms with E-state index in [1.54, 1.807) is 7.11 Å². The molecule has 1 aliphatic rings. The standard InChI is InChI=1S/C15H22BrNO/c1-10(8-12-4-5-12)17-11(2)13-6-7-15(18-3)14(16)9-13/h6-7,9-12,17H,4-5,8H2,1-3H3. The van der Waals surface area contributed by atoms with E-state index in [1.807, 2.05) is 6.07 Å². The lowest BCUT2D eigenvalue weighted by Crippen LogP contribution is -2.29. The molecule has 2 unspecified atom stereocenters. The Morgan fingerprint density at radius 2 is 2.11 bits per heavy atom. The van der Waals surface area contributed by atoms with E-state index in [9.17, 15) is 0 Å². The first kappa shape index (κ1) is 13.9. The molecule has 2 atom stereocenters. The fourth-order valence-electron chi connectivity index (χ4n) is 2.40. The van der Waals surface area contributed by atoms with Gasteiger partial charge in [0.05, 0.1) is 11.6 Å². The fourth-order valence-corrected chi connectivity index (χ4v) is 2.95. The van der Waals surface area contributed by atoms with Crippen molar-refractivity contribution in [1.82, 2.24) is 5.32 Å². The van der Waals surface area contributed by atoms with E-state index in [1.165, 1.54) is 24.8 Å². The summed E-state index contributed by atoms with van der Waals surface area (Å²) in [6, 6.07) is 7.25. The molecule has 2 nitrogen and oxygen atoms in total. The summed E-state index contributed by atoms with van der Waals surface area (Å²) in [7, 11) is 1.69. The second-order valence-corrected chi connectivity index (χ2v) is 6.22. The molecule has 18 heavy (non-hydrogen) atoms. The van der Waals surface area contributed by atoms with Crippen LogP contribution in [0.15, 0.2) is 22.7 Å². The fraction of sp³-hybridized carbons (Fsp3) is 0.600. The Bertz CT molecular complexity index is 403. The molecule has 0 aromatic heterocycles. The maximum Gasteiger partial charge on any atom is 0.133 e. The predicted molar refractivity (Wildman–Crippen MR) is 79.0 cm³/mol. The average molecular weight is 312 g/mol. The van der Waals surface area contributed by atoms with Crippen LogP contribution in [0.3, 0.4) is 0 Å². The van der Waals surface area contributed by atoms with Gasteiger partial charge in [-0.3, -0.25) is 0 Å². The van der Waals surface area contributed by atoms with Gasteiger partial charge in [-0.15, -0.1) is 0 Å². The van der Waals surface area contributed by atoms with E-state index in [2.05, 4.69) is 47.2 Å². The van der Waals surface area contributed by atoms with Crippen molar-refractivity contribution in [3.8, 4) is 5.75 Å². The summed E-state index contributed by atoms with van der Waals surface area (Å²) in [4.78, 5) is 0. The first-order chi connectivity index (χ1) is 8.60. The maximum absolute atomic E-state index is 5.25. The summed E-state index contributed by atoms with van der Waals surface area (Å²) < 4.78 is 6.27. The van der Waals surface area contributed by atoms with Gasteiger partial charge in [0.15, 0.2) is 0 Å². The normalized spacial score (nSPS) is 18.4. The number of hydrogen-bond acceptors (Lipinski definition) is 2. The van der Waals surface area contributed by atoms with E-state index >= 15 is 0 Å². The Kier molecular flexibility index (Phi) is 4.68. The maximum atomic E-state index is 5.25. The van der Waals surface area contributed by atoms with E-state index in [0.717, 1.165) is 16.1 Å². The van der Waals surface area contributed by atoms with Gasteiger partial charge in [-0.1, -0.05) is 18.9 Å². The van der Waals surface area contributed by atoms with Crippen molar-refractivity contribution in [2.75, 3.05) is 7.11 Å². The van der Waals surface area contributed by atoms with Gasteiger partial charge in [0.1, 0.15) is 5.75 Å². The molecule has 100 valence electrons. The van der Waals surface area contributed by atoms with Crippen LogP contribution >= 0.6 is 15.9 Å². The van der Waals surface area contributed by atoms with Crippen LogP contribution in [0.1, 0.15) is 44.7 Å². The molecule has 1 saturated carbocycles. The minimum absolute atomic E-state index is 0.376. The molecule has 0 heterocycles. The molecule has 1 aromatic carbocycles. The summed E-state index contributed by atoms with van der Waals surface area (Å²) in [6.45, 7) is 4.50. The highest BCUT2D eigenvalue weighted by Crippen LogP contribution is 2.34. The topological polar surface area (TPSA) is 21.3 Å². The Balaban J connectivity index is 1.94. The minimum atomic E-state index is 0.376. The van der Waals surface area contributed by atoms with Crippen LogP contribution in [0.5, 0.6) is 5.75 Å². The monoisotopic (exact) mass is 311 g/mol. The highest BCUT2D eigenvalue weighted by molar-refractivity contribution is 9.10. The summed E-state index contributed by atoms with van der Waals surface area (Å²) in [5.74, 6) is 1.86. The molecule has 0 radical (unpaired) electrons. The zero-order valence-electron chi connectivity index (χ0n) is 11.4. The molecule has 0 bridgehead atoms. The highest BCUT2D eigenvalue weighted by Gasteiger charge is 2.24. The van der Waals surface area contributed by atoms with E-state index in [0.29, 0.717) is 12.1 Å². The van der Waals surface area contributed by atoms with E-state index < -0.39 is 0 Å². The molecule has 0 amide bonds. The minimum Gasteiger partial charge on any atom is -0.496 e. The van der Waals surface area contributed by atoms with Gasteiger partial charge in [-0.05, 0) is 59.8 Å². The summed E-state index contributed by atoms with van der Waals surface area (Å²) >= 11 is 3.54. The van der Waals surface area contributed by atoms with Crippen molar-refractivity contribution in [3.63, 3.8) is 0 Å². The highest BCUT2D eigenvalue weighted by atomic mass is 79.9. The Labute approximate surface area is 118 Å². The zero-order chi connectivity index (χ0) is 13.1. The van der Waals surface area contributed by atoms with Gasteiger partial charge in [0.25, 0.3) is 0 Å². The van der Waals surface area contributed by atoms with Crippen LogP contribution in [-0.4, -0.2) is 13.2 Å². The molecule has 1 aromatic rings. The number of benzene rings is 1. The van der Waals surface area contributed by atoms with Crippen LogP contribution < -0.4 is 10.1 Å². The third-order valence-corrected chi connectivity index (χ3v) is 4.21. The quantitative estimate of drug-likeness (QED) is 0.846. The molecular formula is C15H22BrNO. The molecular weight excluding hydrogens is 290 g/mol. The first-order valence-electron chi connectivity index (χ1n) is 6.69. The molecule has 0 saturated heterocycles. The van der Waals surface area contributed by atoms with Crippen molar-refractivity contribution < 1.29 is 4.74 Å². The van der Waals surface area contributed by atoms with Crippen molar-refractivity contribution in [2.45, 2.75) is 45.2 Å². The third-order valence-electron chi connectivity index (χ3n) is 3.59. The lowest BCUT2D eigenvalue weighted by atomic mass is 10.1. The molecule has 2 rings (SSSR count). The van der Waals surface area contributed by atoms with E-state index in [-0.39, 0.29) is 0 Å². The number of rotatable bonds is 6. The molecule has 0 aliphatic heterocycles. The van der Waals surface area contributed by atoms with E-state index in [4.69, 9.17) is 4.74 Å². The first-order valence-corrected chi connectivity index (χ1v) is 7.49. The van der Waals surface area contributed by atoms with Gasteiger partial charge in [0, 0.05) is 12.1 Å². The molecule has 1 fully saturated rings. The van der Waals surface area contributed by atoms with Gasteiger partial charge in [-0.2, -0.15) is 0 Å². The number of halogens is 1. The van der Waals surface area contributed by atoms with Gasteiger partial charge < -0.3 is 10.1 Å². The number of ether oxygens (including phenoxy) is 1. The molecule has 1 aliphatic carbocycles. The number of methoxy groups -OCH3 is 1. The SMILES string of the molecule is COc1ccc(C(C)NC(C)CC2CC2)cc1Br. The van der Waals surface area contributed by atoms with Gasteiger partial charge >= 0.3 is 0 Å². The van der Waals surface area contributed by atoms with Crippen molar-refractivity contribution in [3.05, 3.63) is 28.2 Å². The largest absolute Gasteiger partial charge is 0.496 e. The second-order valence-electron chi connectivity index (χ2n) is 5.36. The van der Waals surface area contributed by atoms with Gasteiger partial charge in [-0.25, -0.2) is 0 Å². The number of hydrogen-bond donors (Lipinski definition) is 1. The summed E-state index contributed by atoms with van der Waals surface area (Å²) in [5.41, 5.74) is 1.30. The summed E-state index contributed by atoms with van der Waals surface area (Å²) in [6.07, 6.45) is 4.16. The van der Waals surface area contributed by atoms with Crippen molar-refractivity contribution in [1.29, 1.82) is 0 Å². The molecule has 1 N–H and O–H groups in total. The Morgan fingerprint density at radius 1 is 1.39 bits per heavy atom. The van der Waals surface area contributed by atoms with Crippen molar-refractivity contribution >= 4 is 15.9 Å². The lowest BCUT2D eigenvalue weighted by molar-refractivity contribution is 0.410. The third kappa shape index (κ3) is 3.72. The number of nitrogens with one attached hydrogen (secondary N) is 1. The zero-order valence-corrected chi connectivity index (χ0v) is 13.0. The van der Waals surface area contributed by atoms with Gasteiger partial charge in [0.2, 0.25) is 0 Å². The lowest BCUT2D eigenvalue weighted by Gasteiger charge is -2.21. The van der Waals surface area contributed by atoms with Crippen LogP contribution in [-0.2, 0) is 0 Å². The van der Waals surface area contributed by atoms with Crippen molar-refractivity contribution in [2.24, 2.45) is 5.92 Å². The average Bonchev–Trinajstić information content (AvgIpc) is 3.12. The second kappa shape index (κ2) is 6.07. The Hall–Kier alpha value is -0.540. The van der Waals surface area contributed by atoms with Crippen LogP contribution in [0.4, 0.5) is 0 Å². The molecule has 0 spiro atoms. The van der Waals surface area contributed by atoms with Crippen LogP contribution in [0.2, 0.25) is 0 Å².